The normalized spacial score (nSPS) is 11.5. The van der Waals surface area contributed by atoms with Crippen LogP contribution >= 0.6 is 0 Å². The molecule has 6 nitrogen and oxygen atoms in total. The number of hydrogen-bond acceptors (Lipinski definition) is 6. The molecule has 3 aromatic rings. The molecule has 0 saturated carbocycles. The van der Waals surface area contributed by atoms with E-state index in [9.17, 15) is 33.0 Å². The first-order valence-corrected chi connectivity index (χ1v) is 7.69. The topological polar surface area (TPSA) is 98.7 Å². The summed E-state index contributed by atoms with van der Waals surface area (Å²) in [5.74, 6) is -0.915. The fourth-order valence-corrected chi connectivity index (χ4v) is 2.52. The van der Waals surface area contributed by atoms with Crippen molar-refractivity contribution in [3.63, 3.8) is 0 Å². The van der Waals surface area contributed by atoms with E-state index in [4.69, 9.17) is 0 Å². The molecule has 0 unspecified atom stereocenters. The lowest BCUT2D eigenvalue weighted by atomic mass is 10.1. The molecule has 0 saturated heterocycles. The molecule has 3 rings (SSSR count). The van der Waals surface area contributed by atoms with E-state index in [0.29, 0.717) is 11.6 Å². The minimum Gasteiger partial charge on any atom is -0.508 e. The van der Waals surface area contributed by atoms with Gasteiger partial charge in [0, 0.05) is 12.2 Å². The molecule has 0 aliphatic heterocycles. The van der Waals surface area contributed by atoms with Crippen LogP contribution in [0.4, 0.5) is 30.2 Å². The number of phenolic OH excluding ortho intramolecular Hbond substituents is 2. The van der Waals surface area contributed by atoms with E-state index in [0.717, 1.165) is 12.1 Å². The largest absolute Gasteiger partial charge is 0.508 e. The van der Waals surface area contributed by atoms with E-state index < -0.39 is 28.3 Å². The van der Waals surface area contributed by atoms with Gasteiger partial charge in [0.15, 0.2) is 0 Å². The third-order valence-electron chi connectivity index (χ3n) is 3.86. The molecule has 0 atom stereocenters. The van der Waals surface area contributed by atoms with Gasteiger partial charge in [-0.1, -0.05) is 12.1 Å². The summed E-state index contributed by atoms with van der Waals surface area (Å²) in [7, 11) is 0. The van der Waals surface area contributed by atoms with Gasteiger partial charge in [-0.25, -0.2) is 0 Å². The summed E-state index contributed by atoms with van der Waals surface area (Å²) in [6, 6.07) is 8.85. The highest BCUT2D eigenvalue weighted by Gasteiger charge is 2.34. The quantitative estimate of drug-likeness (QED) is 0.402. The summed E-state index contributed by atoms with van der Waals surface area (Å²) >= 11 is 0. The second-order valence-electron chi connectivity index (χ2n) is 5.79. The lowest BCUT2D eigenvalue weighted by Gasteiger charge is -2.16. The first-order valence-electron chi connectivity index (χ1n) is 7.69. The van der Waals surface area contributed by atoms with Crippen molar-refractivity contribution in [3.8, 4) is 11.5 Å². The summed E-state index contributed by atoms with van der Waals surface area (Å²) in [4.78, 5) is 23.5. The summed E-state index contributed by atoms with van der Waals surface area (Å²) in [5, 5.41) is 24.0. The van der Waals surface area contributed by atoms with Crippen LogP contribution in [-0.4, -0.2) is 10.2 Å². The number of halogens is 3. The van der Waals surface area contributed by atoms with Crippen molar-refractivity contribution in [2.45, 2.75) is 12.7 Å². The lowest BCUT2D eigenvalue weighted by Crippen LogP contribution is -2.36. The maximum absolute atomic E-state index is 12.9. The molecule has 0 aromatic heterocycles. The maximum Gasteiger partial charge on any atom is 0.420 e. The maximum atomic E-state index is 12.9. The molecule has 0 bridgehead atoms. The van der Waals surface area contributed by atoms with E-state index in [1.165, 1.54) is 12.1 Å². The highest BCUT2D eigenvalue weighted by atomic mass is 19.4. The molecule has 9 heteroatoms. The van der Waals surface area contributed by atoms with Gasteiger partial charge in [-0.05, 0) is 35.9 Å². The second-order valence-corrected chi connectivity index (χ2v) is 5.79. The molecule has 0 aliphatic carbocycles. The van der Waals surface area contributed by atoms with Crippen LogP contribution in [-0.2, 0) is 12.7 Å². The van der Waals surface area contributed by atoms with Gasteiger partial charge in [0.2, 0.25) is 0 Å². The van der Waals surface area contributed by atoms with Crippen LogP contribution < -0.4 is 21.5 Å². The Labute approximate surface area is 150 Å². The Hall–Kier alpha value is -3.49. The lowest BCUT2D eigenvalue weighted by molar-refractivity contribution is -0.138. The van der Waals surface area contributed by atoms with Crippen molar-refractivity contribution in [1.29, 1.82) is 0 Å². The predicted molar refractivity (Wildman–Crippen MR) is 93.2 cm³/mol. The Balaban J connectivity index is 1.82. The highest BCUT2D eigenvalue weighted by Crippen LogP contribution is 2.37. The zero-order valence-corrected chi connectivity index (χ0v) is 13.6. The fraction of sp³-hybridized carbons (Fsp3) is 0.111. The van der Waals surface area contributed by atoms with Gasteiger partial charge < -0.3 is 20.8 Å². The minimum atomic E-state index is -4.77. The monoisotopic (exact) mass is 378 g/mol. The highest BCUT2D eigenvalue weighted by molar-refractivity contribution is 5.79. The average Bonchev–Trinajstić information content (AvgIpc) is 2.61. The zero-order valence-electron chi connectivity index (χ0n) is 13.6. The summed E-state index contributed by atoms with van der Waals surface area (Å²) < 4.78 is 38.6. The van der Waals surface area contributed by atoms with Crippen LogP contribution in [0.3, 0.4) is 0 Å². The van der Waals surface area contributed by atoms with Gasteiger partial charge in [-0.2, -0.15) is 13.2 Å². The van der Waals surface area contributed by atoms with Crippen molar-refractivity contribution in [2.24, 2.45) is 0 Å². The Morgan fingerprint density at radius 2 is 1.63 bits per heavy atom. The van der Waals surface area contributed by atoms with Crippen molar-refractivity contribution in [2.75, 3.05) is 10.6 Å². The van der Waals surface area contributed by atoms with Crippen LogP contribution in [0.1, 0.15) is 11.1 Å². The van der Waals surface area contributed by atoms with Gasteiger partial charge >= 0.3 is 6.18 Å². The molecule has 0 spiro atoms. The first kappa shape index (κ1) is 18.3. The zero-order chi connectivity index (χ0) is 19.8. The number of anilines is 3. The Morgan fingerprint density at radius 3 is 2.30 bits per heavy atom. The third-order valence-corrected chi connectivity index (χ3v) is 3.86. The van der Waals surface area contributed by atoms with Crippen LogP contribution in [0.15, 0.2) is 52.1 Å². The van der Waals surface area contributed by atoms with Gasteiger partial charge in [-0.15, -0.1) is 0 Å². The van der Waals surface area contributed by atoms with E-state index in [1.807, 2.05) is 0 Å². The standard InChI is InChI=1S/C18H13F3N2O4/c19-18(20,21)12-7-10(4-5-13(12)25)23-15-14(16(26)17(15)27)22-8-9-2-1-3-11(24)6-9/h1-7,22-25H,8H2. The smallest absolute Gasteiger partial charge is 0.420 e. The Kier molecular flexibility index (Phi) is 4.52. The summed E-state index contributed by atoms with van der Waals surface area (Å²) in [6.45, 7) is 0.122. The number of alkyl halides is 3. The van der Waals surface area contributed by atoms with E-state index in [1.54, 1.807) is 12.1 Å². The van der Waals surface area contributed by atoms with E-state index >= 15 is 0 Å². The van der Waals surface area contributed by atoms with Crippen molar-refractivity contribution in [1.82, 2.24) is 0 Å². The molecule has 27 heavy (non-hydrogen) atoms. The molecule has 0 radical (unpaired) electrons. The second kappa shape index (κ2) is 6.67. The van der Waals surface area contributed by atoms with Crippen molar-refractivity contribution < 1.29 is 23.4 Å². The molecule has 0 heterocycles. The SMILES string of the molecule is O=c1c(NCc2cccc(O)c2)c(Nc2ccc(O)c(C(F)(F)F)c2)c1=O. The van der Waals surface area contributed by atoms with E-state index in [-0.39, 0.29) is 29.4 Å². The van der Waals surface area contributed by atoms with Gasteiger partial charge in [0.25, 0.3) is 10.9 Å². The number of benzene rings is 2. The minimum absolute atomic E-state index is 0.0291. The molecule has 0 aliphatic rings. The Morgan fingerprint density at radius 1 is 0.926 bits per heavy atom. The molecule has 3 aromatic carbocycles. The third kappa shape index (κ3) is 3.71. The molecular formula is C18H13F3N2O4. The van der Waals surface area contributed by atoms with Crippen LogP contribution in [0.25, 0.3) is 0 Å². The predicted octanol–water partition coefficient (Wildman–Crippen LogP) is 3.07. The molecular weight excluding hydrogens is 365 g/mol. The Bertz CT molecular complexity index is 1070. The first-order chi connectivity index (χ1) is 12.7. The van der Waals surface area contributed by atoms with Crippen LogP contribution in [0.2, 0.25) is 0 Å². The molecule has 4 N–H and O–H groups in total. The number of hydrogen-bond donors (Lipinski definition) is 4. The fourth-order valence-electron chi connectivity index (χ4n) is 2.52. The summed E-state index contributed by atoms with van der Waals surface area (Å²) in [6.07, 6.45) is -4.77. The van der Waals surface area contributed by atoms with Gasteiger partial charge in [0.05, 0.1) is 5.56 Å². The van der Waals surface area contributed by atoms with Crippen LogP contribution in [0, 0.1) is 0 Å². The molecule has 0 fully saturated rings. The summed E-state index contributed by atoms with van der Waals surface area (Å²) in [5.41, 5.74) is -2.63. The number of phenols is 2. The van der Waals surface area contributed by atoms with Gasteiger partial charge in [0.1, 0.15) is 22.9 Å². The number of nitrogens with one attached hydrogen (secondary N) is 2. The van der Waals surface area contributed by atoms with Crippen molar-refractivity contribution >= 4 is 17.1 Å². The number of aromatic hydroxyl groups is 2. The number of rotatable bonds is 5. The molecule has 0 amide bonds. The average molecular weight is 378 g/mol. The van der Waals surface area contributed by atoms with Crippen molar-refractivity contribution in [3.05, 3.63) is 74.0 Å². The van der Waals surface area contributed by atoms with Gasteiger partial charge in [-0.3, -0.25) is 9.59 Å². The molecule has 140 valence electrons. The van der Waals surface area contributed by atoms with E-state index in [2.05, 4.69) is 10.6 Å². The van der Waals surface area contributed by atoms with Crippen LogP contribution in [0.5, 0.6) is 11.5 Å².